The van der Waals surface area contributed by atoms with Gasteiger partial charge in [-0.3, -0.25) is 4.99 Å². The van der Waals surface area contributed by atoms with Gasteiger partial charge >= 0.3 is 0 Å². The number of allylic oxidation sites excluding steroid dienone is 3. The average Bonchev–Trinajstić information content (AvgIpc) is 2.34. The van der Waals surface area contributed by atoms with E-state index < -0.39 is 0 Å². The van der Waals surface area contributed by atoms with Gasteiger partial charge < -0.3 is 0 Å². The first-order valence-electron chi connectivity index (χ1n) is 5.75. The van der Waals surface area contributed by atoms with Crippen molar-refractivity contribution in [3.05, 3.63) is 53.1 Å². The Balaban J connectivity index is 2.98. The number of aliphatic imine (C=N–C) groups is 1. The van der Waals surface area contributed by atoms with Crippen LogP contribution in [0.5, 0.6) is 0 Å². The first-order valence-corrected chi connectivity index (χ1v) is 6.13. The highest BCUT2D eigenvalue weighted by Crippen LogP contribution is 2.24. The fourth-order valence-corrected chi connectivity index (χ4v) is 1.72. The van der Waals surface area contributed by atoms with Crippen molar-refractivity contribution in [1.82, 2.24) is 0 Å². The minimum absolute atomic E-state index is 0.739. The molecule has 0 spiro atoms. The summed E-state index contributed by atoms with van der Waals surface area (Å²) in [6.45, 7) is 6.02. The van der Waals surface area contributed by atoms with Crippen LogP contribution in [0, 0.1) is 0 Å². The van der Waals surface area contributed by atoms with Gasteiger partial charge in [-0.15, -0.1) is 0 Å². The molecular weight excluding hydrogens is 230 g/mol. The van der Waals surface area contributed by atoms with Crippen molar-refractivity contribution in [2.75, 3.05) is 0 Å². The van der Waals surface area contributed by atoms with E-state index in [1.807, 2.05) is 57.2 Å². The summed E-state index contributed by atoms with van der Waals surface area (Å²) in [5.74, 6) is 0. The summed E-state index contributed by atoms with van der Waals surface area (Å²) in [4.78, 5) is 4.61. The highest BCUT2D eigenvalue weighted by atomic mass is 35.5. The molecule has 0 heterocycles. The molecular formula is C15H18ClN. The molecule has 1 aromatic carbocycles. The summed E-state index contributed by atoms with van der Waals surface area (Å²) in [6, 6.07) is 7.78. The van der Waals surface area contributed by atoms with Gasteiger partial charge in [0.1, 0.15) is 0 Å². The molecule has 90 valence electrons. The van der Waals surface area contributed by atoms with Crippen molar-refractivity contribution in [3.63, 3.8) is 0 Å². The Kier molecular flexibility index (Phi) is 5.71. The molecule has 0 radical (unpaired) electrons. The van der Waals surface area contributed by atoms with Crippen molar-refractivity contribution in [2.24, 2.45) is 4.99 Å². The van der Waals surface area contributed by atoms with Crippen LogP contribution in [-0.2, 0) is 0 Å². The lowest BCUT2D eigenvalue weighted by Crippen LogP contribution is -1.91. The van der Waals surface area contributed by atoms with Crippen LogP contribution in [0.4, 0.5) is 0 Å². The second-order valence-electron chi connectivity index (χ2n) is 3.77. The van der Waals surface area contributed by atoms with Gasteiger partial charge in [0.15, 0.2) is 0 Å². The largest absolute Gasteiger partial charge is 0.257 e. The van der Waals surface area contributed by atoms with Gasteiger partial charge in [0, 0.05) is 22.7 Å². The van der Waals surface area contributed by atoms with E-state index in [2.05, 4.69) is 11.1 Å². The fraction of sp³-hybridized carbons (Fsp3) is 0.267. The predicted molar refractivity (Wildman–Crippen MR) is 77.6 cm³/mol. The van der Waals surface area contributed by atoms with Crippen LogP contribution in [-0.4, -0.2) is 5.71 Å². The third-order valence-electron chi connectivity index (χ3n) is 2.38. The molecule has 0 saturated carbocycles. The summed E-state index contributed by atoms with van der Waals surface area (Å²) >= 11 is 6.16. The molecule has 0 amide bonds. The van der Waals surface area contributed by atoms with Crippen molar-refractivity contribution >= 4 is 23.0 Å². The zero-order chi connectivity index (χ0) is 12.7. The number of hydrogen-bond donors (Lipinski definition) is 0. The van der Waals surface area contributed by atoms with E-state index in [0.717, 1.165) is 28.4 Å². The quantitative estimate of drug-likeness (QED) is 0.517. The molecule has 17 heavy (non-hydrogen) atoms. The van der Waals surface area contributed by atoms with Gasteiger partial charge in [-0.1, -0.05) is 48.0 Å². The minimum Gasteiger partial charge on any atom is -0.257 e. The predicted octanol–water partition coefficient (Wildman–Crippen LogP) is 5.13. The minimum atomic E-state index is 0.739. The number of halogens is 1. The van der Waals surface area contributed by atoms with E-state index >= 15 is 0 Å². The van der Waals surface area contributed by atoms with Gasteiger partial charge in [0.2, 0.25) is 0 Å². The summed E-state index contributed by atoms with van der Waals surface area (Å²) in [5.41, 5.74) is 2.99. The molecule has 1 aromatic rings. The van der Waals surface area contributed by atoms with E-state index in [1.54, 1.807) is 0 Å². The van der Waals surface area contributed by atoms with E-state index in [0.29, 0.717) is 0 Å². The zero-order valence-corrected chi connectivity index (χ0v) is 11.3. The molecule has 0 aromatic heterocycles. The third kappa shape index (κ3) is 4.20. The Hall–Kier alpha value is -1.34. The van der Waals surface area contributed by atoms with Crippen molar-refractivity contribution in [2.45, 2.75) is 27.2 Å². The van der Waals surface area contributed by atoms with E-state index in [-0.39, 0.29) is 0 Å². The smallest absolute Gasteiger partial charge is 0.0673 e. The average molecular weight is 248 g/mol. The SMILES string of the molecule is C/C=C(\N=C(C)C/C=C/C)c1ccccc1Cl. The van der Waals surface area contributed by atoms with E-state index in [4.69, 9.17) is 11.6 Å². The molecule has 0 unspecified atom stereocenters. The first kappa shape index (κ1) is 13.7. The molecule has 0 atom stereocenters. The third-order valence-corrected chi connectivity index (χ3v) is 2.71. The van der Waals surface area contributed by atoms with Crippen LogP contribution in [0.2, 0.25) is 5.02 Å². The molecule has 0 fully saturated rings. The highest BCUT2D eigenvalue weighted by Gasteiger charge is 2.03. The molecule has 2 heteroatoms. The molecule has 0 bridgehead atoms. The Morgan fingerprint density at radius 1 is 1.29 bits per heavy atom. The van der Waals surface area contributed by atoms with Gasteiger partial charge in [-0.05, 0) is 26.8 Å². The van der Waals surface area contributed by atoms with Gasteiger partial charge in [-0.2, -0.15) is 0 Å². The van der Waals surface area contributed by atoms with Crippen molar-refractivity contribution < 1.29 is 0 Å². The maximum absolute atomic E-state index is 6.16. The monoisotopic (exact) mass is 247 g/mol. The van der Waals surface area contributed by atoms with Crippen LogP contribution in [0.3, 0.4) is 0 Å². The maximum atomic E-state index is 6.16. The Labute approximate surface area is 109 Å². The molecule has 0 aliphatic carbocycles. The van der Waals surface area contributed by atoms with Crippen LogP contribution >= 0.6 is 11.6 Å². The summed E-state index contributed by atoms with van der Waals surface area (Å²) in [5, 5.41) is 0.739. The summed E-state index contributed by atoms with van der Waals surface area (Å²) < 4.78 is 0. The fourth-order valence-electron chi connectivity index (χ4n) is 1.49. The van der Waals surface area contributed by atoms with E-state index in [1.165, 1.54) is 0 Å². The Morgan fingerprint density at radius 2 is 2.00 bits per heavy atom. The topological polar surface area (TPSA) is 12.4 Å². The lowest BCUT2D eigenvalue weighted by Gasteiger charge is -2.05. The zero-order valence-electron chi connectivity index (χ0n) is 10.6. The van der Waals surface area contributed by atoms with Crippen molar-refractivity contribution in [3.8, 4) is 0 Å². The number of rotatable bonds is 4. The number of hydrogen-bond acceptors (Lipinski definition) is 1. The summed E-state index contributed by atoms with van der Waals surface area (Å²) in [7, 11) is 0. The standard InChI is InChI=1S/C15H18ClN/c1-4-6-9-12(3)17-15(5-2)13-10-7-8-11-14(13)16/h4-8,10-11H,9H2,1-3H3/b6-4+,15-5-,17-12?. The molecule has 1 rings (SSSR count). The van der Waals surface area contributed by atoms with Gasteiger partial charge in [-0.25, -0.2) is 0 Å². The van der Waals surface area contributed by atoms with Gasteiger partial charge in [0.25, 0.3) is 0 Å². The maximum Gasteiger partial charge on any atom is 0.0673 e. The lowest BCUT2D eigenvalue weighted by atomic mass is 10.1. The Bertz CT molecular complexity index is 456. The van der Waals surface area contributed by atoms with Crippen molar-refractivity contribution in [1.29, 1.82) is 0 Å². The first-order chi connectivity index (χ1) is 8.19. The molecule has 1 nitrogen and oxygen atoms in total. The molecule has 0 aliphatic heterocycles. The van der Waals surface area contributed by atoms with Crippen LogP contribution in [0.1, 0.15) is 32.8 Å². The molecule has 0 aliphatic rings. The van der Waals surface area contributed by atoms with Gasteiger partial charge in [0.05, 0.1) is 5.70 Å². The van der Waals surface area contributed by atoms with Crippen LogP contribution in [0.25, 0.3) is 5.70 Å². The molecule has 0 saturated heterocycles. The normalized spacial score (nSPS) is 13.4. The lowest BCUT2D eigenvalue weighted by molar-refractivity contribution is 1.36. The Morgan fingerprint density at radius 3 is 2.59 bits per heavy atom. The van der Waals surface area contributed by atoms with E-state index in [9.17, 15) is 0 Å². The number of benzene rings is 1. The second kappa shape index (κ2) is 7.08. The highest BCUT2D eigenvalue weighted by molar-refractivity contribution is 6.32. The number of nitrogens with zero attached hydrogens (tertiary/aromatic N) is 1. The second-order valence-corrected chi connectivity index (χ2v) is 4.18. The van der Waals surface area contributed by atoms with Crippen LogP contribution < -0.4 is 0 Å². The summed E-state index contributed by atoms with van der Waals surface area (Å²) in [6.07, 6.45) is 6.99. The van der Waals surface area contributed by atoms with Crippen LogP contribution in [0.15, 0.2) is 47.5 Å². The molecule has 0 N–H and O–H groups in total.